The summed E-state index contributed by atoms with van der Waals surface area (Å²) in [5.74, 6) is -1.89. The molecule has 0 bridgehead atoms. The van der Waals surface area contributed by atoms with Crippen molar-refractivity contribution in [2.24, 2.45) is 5.10 Å². The zero-order valence-electron chi connectivity index (χ0n) is 35.7. The molecule has 0 N–H and O–H groups in total. The van der Waals surface area contributed by atoms with Crippen LogP contribution in [0.5, 0.6) is 0 Å². The number of anilines is 1. The fourth-order valence-corrected chi connectivity index (χ4v) is 6.85. The molecule has 3 atom stereocenters. The molecule has 1 aliphatic rings. The van der Waals surface area contributed by atoms with Gasteiger partial charge in [-0.2, -0.15) is 13.2 Å². The first-order valence-electron chi connectivity index (χ1n) is 21.4. The van der Waals surface area contributed by atoms with Crippen LogP contribution in [0.1, 0.15) is 154 Å². The van der Waals surface area contributed by atoms with Crippen LogP contribution in [-0.4, -0.2) is 88.7 Å². The van der Waals surface area contributed by atoms with Crippen LogP contribution in [0.25, 0.3) is 0 Å². The molecule has 0 aromatic heterocycles. The maximum absolute atomic E-state index is 12.7. The Bertz CT molecular complexity index is 1380. The zero-order chi connectivity index (χ0) is 42.9. The Kier molecular flexibility index (Phi) is 25.0. The number of halogens is 3. The number of nitrogens with zero attached hydrogens (tertiary/aromatic N) is 3. The Morgan fingerprint density at radius 2 is 1.28 bits per heavy atom. The van der Waals surface area contributed by atoms with Crippen molar-refractivity contribution >= 4 is 31.3 Å². The lowest BCUT2D eigenvalue weighted by Crippen LogP contribution is -2.37. The summed E-state index contributed by atoms with van der Waals surface area (Å²) >= 11 is 0. The summed E-state index contributed by atoms with van der Waals surface area (Å²) in [6.45, 7) is 4.12. The highest BCUT2D eigenvalue weighted by molar-refractivity contribution is 7.45. The molecule has 58 heavy (non-hydrogen) atoms. The van der Waals surface area contributed by atoms with E-state index in [2.05, 4.69) is 12.0 Å². The molecule has 0 aliphatic carbocycles. The number of alkyl halides is 3. The third-order valence-electron chi connectivity index (χ3n) is 9.75. The van der Waals surface area contributed by atoms with E-state index in [4.69, 9.17) is 23.3 Å². The van der Waals surface area contributed by atoms with Crippen molar-refractivity contribution in [3.63, 3.8) is 0 Å². The number of carbonyl (C=O) groups is 2. The van der Waals surface area contributed by atoms with Gasteiger partial charge in [0.15, 0.2) is 6.10 Å². The summed E-state index contributed by atoms with van der Waals surface area (Å²) in [7, 11) is 1.01. The number of unbranched alkanes of at least 4 members (excludes halogenated alkanes) is 16. The summed E-state index contributed by atoms with van der Waals surface area (Å²) in [5, 5.41) is 4.24. The molecule has 0 amide bonds. The number of hydrazone groups is 1. The molecular weight excluding hydrogens is 778 g/mol. The zero-order valence-corrected chi connectivity index (χ0v) is 36.6. The van der Waals surface area contributed by atoms with Crippen LogP contribution in [0.3, 0.4) is 0 Å². The quantitative estimate of drug-likeness (QED) is 0.0281. The van der Waals surface area contributed by atoms with E-state index in [1.54, 1.807) is 24.3 Å². The molecule has 1 aromatic rings. The van der Waals surface area contributed by atoms with Gasteiger partial charge >= 0.3 is 18.1 Å². The van der Waals surface area contributed by atoms with Gasteiger partial charge in [-0.25, -0.2) is 5.01 Å². The second-order valence-electron chi connectivity index (χ2n) is 16.2. The van der Waals surface area contributed by atoms with Gasteiger partial charge in [0.2, 0.25) is 0 Å². The Labute approximate surface area is 345 Å². The van der Waals surface area contributed by atoms with Crippen LogP contribution in [0.4, 0.5) is 18.9 Å². The molecule has 1 aromatic carbocycles. The lowest BCUT2D eigenvalue weighted by molar-refractivity contribution is -0.870. The molecule has 16 heteroatoms. The lowest BCUT2D eigenvalue weighted by Gasteiger charge is -2.28. The van der Waals surface area contributed by atoms with Crippen LogP contribution in [-0.2, 0) is 37.4 Å². The number of rotatable bonds is 35. The van der Waals surface area contributed by atoms with E-state index in [0.29, 0.717) is 36.2 Å². The van der Waals surface area contributed by atoms with Gasteiger partial charge in [-0.15, -0.1) is 5.10 Å². The molecule has 0 spiro atoms. The predicted octanol–water partition coefficient (Wildman–Crippen LogP) is 9.94. The average Bonchev–Trinajstić information content (AvgIpc) is 3.97. The van der Waals surface area contributed by atoms with E-state index in [-0.39, 0.29) is 32.2 Å². The standard InChI is InChI=1S/C42H71F3N3O9P/c1-6-7-8-9-10-11-12-13-14-15-16-18-21-24-39(49)54-33-38(34-56-58(51,52)55-32-30-48(3,4)5)57-40(50)25-22-19-17-20-23-31-53-35(2)36-26-28-37(29-27-36)47-41(46-47)42(43,44)45/h26-29,35,38H,6-25,30-34H2,1-5H3. The lowest BCUT2D eigenvalue weighted by atomic mass is 10.0. The number of benzene rings is 1. The van der Waals surface area contributed by atoms with Gasteiger partial charge in [-0.3, -0.25) is 14.2 Å². The van der Waals surface area contributed by atoms with Crippen molar-refractivity contribution in [3.05, 3.63) is 29.8 Å². The number of hydrogen-bond acceptors (Lipinski definition) is 11. The molecular formula is C42H71F3N3O9P. The molecule has 12 nitrogen and oxygen atoms in total. The molecule has 0 radical (unpaired) electrons. The molecule has 0 saturated heterocycles. The van der Waals surface area contributed by atoms with Crippen LogP contribution >= 0.6 is 7.82 Å². The summed E-state index contributed by atoms with van der Waals surface area (Å²) in [4.78, 5) is 37.6. The van der Waals surface area contributed by atoms with Gasteiger partial charge in [0.25, 0.3) is 13.7 Å². The highest BCUT2D eigenvalue weighted by Gasteiger charge is 2.49. The van der Waals surface area contributed by atoms with Crippen LogP contribution in [0.15, 0.2) is 29.4 Å². The summed E-state index contributed by atoms with van der Waals surface area (Å²) in [6, 6.07) is 6.61. The highest BCUT2D eigenvalue weighted by atomic mass is 31.2. The van der Waals surface area contributed by atoms with Crippen molar-refractivity contribution in [2.75, 3.05) is 59.1 Å². The maximum Gasteiger partial charge on any atom is 0.453 e. The van der Waals surface area contributed by atoms with E-state index < -0.39 is 44.5 Å². The monoisotopic (exact) mass is 849 g/mol. The number of likely N-dealkylation sites (N-methyl/N-ethyl adjacent to an activating group) is 1. The number of amidine groups is 1. The Balaban J connectivity index is 1.64. The molecule has 3 unspecified atom stereocenters. The minimum absolute atomic E-state index is 0.0748. The third-order valence-corrected chi connectivity index (χ3v) is 10.7. The third kappa shape index (κ3) is 25.2. The fraction of sp³-hybridized carbons (Fsp3) is 0.786. The second-order valence-corrected chi connectivity index (χ2v) is 17.6. The number of esters is 2. The van der Waals surface area contributed by atoms with Crippen molar-refractivity contribution in [3.8, 4) is 0 Å². The molecule has 1 heterocycles. The number of phosphoric acid groups is 1. The number of quaternary nitrogens is 1. The first kappa shape index (κ1) is 51.6. The van der Waals surface area contributed by atoms with Crippen molar-refractivity contribution in [1.82, 2.24) is 0 Å². The minimum atomic E-state index is -4.68. The smallest absolute Gasteiger partial charge is 0.453 e. The van der Waals surface area contributed by atoms with Crippen LogP contribution < -0.4 is 9.90 Å². The van der Waals surface area contributed by atoms with Crippen molar-refractivity contribution in [1.29, 1.82) is 0 Å². The summed E-state index contributed by atoms with van der Waals surface area (Å²) in [5.41, 5.74) is 1.19. The largest absolute Gasteiger partial charge is 0.756 e. The minimum Gasteiger partial charge on any atom is -0.756 e. The van der Waals surface area contributed by atoms with Crippen LogP contribution in [0, 0.1) is 0 Å². The van der Waals surface area contributed by atoms with Gasteiger partial charge in [0.1, 0.15) is 19.8 Å². The molecule has 1 aliphatic heterocycles. The van der Waals surface area contributed by atoms with E-state index in [0.717, 1.165) is 55.5 Å². The van der Waals surface area contributed by atoms with Gasteiger partial charge in [0, 0.05) is 19.4 Å². The van der Waals surface area contributed by atoms with Crippen molar-refractivity contribution < 1.29 is 60.0 Å². The average molecular weight is 850 g/mol. The first-order chi connectivity index (χ1) is 27.5. The number of hydrogen-bond donors (Lipinski definition) is 0. The SMILES string of the molecule is CCCCCCCCCCCCCCCC(=O)OCC(COP(=O)([O-])OCC[N+](C)(C)C)OC(=O)CCCCCCCOC(C)c1ccc(N2N=C2C(F)(F)F)cc1. The van der Waals surface area contributed by atoms with E-state index in [1.807, 2.05) is 28.1 Å². The predicted molar refractivity (Wildman–Crippen MR) is 218 cm³/mol. The second kappa shape index (κ2) is 28.1. The maximum atomic E-state index is 12.7. The Hall–Kier alpha value is -2.55. The normalized spacial score (nSPS) is 15.1. The Morgan fingerprint density at radius 1 is 0.759 bits per heavy atom. The number of phosphoric ester groups is 1. The van der Waals surface area contributed by atoms with Gasteiger partial charge in [-0.05, 0) is 43.9 Å². The van der Waals surface area contributed by atoms with Gasteiger partial charge in [0.05, 0.1) is 39.5 Å². The molecule has 0 saturated carbocycles. The molecule has 334 valence electrons. The Morgan fingerprint density at radius 3 is 1.79 bits per heavy atom. The first-order valence-corrected chi connectivity index (χ1v) is 22.9. The van der Waals surface area contributed by atoms with Gasteiger partial charge in [-0.1, -0.05) is 115 Å². The number of carbonyl (C=O) groups excluding carboxylic acids is 2. The number of ether oxygens (including phenoxy) is 3. The highest BCUT2D eigenvalue weighted by Crippen LogP contribution is 2.38. The summed E-state index contributed by atoms with van der Waals surface area (Å²) < 4.78 is 77.9. The van der Waals surface area contributed by atoms with Crippen LogP contribution in [0.2, 0.25) is 0 Å². The fourth-order valence-electron chi connectivity index (χ4n) is 6.12. The molecule has 2 rings (SSSR count). The van der Waals surface area contributed by atoms with E-state index in [9.17, 15) is 32.2 Å². The van der Waals surface area contributed by atoms with Crippen molar-refractivity contribution in [2.45, 2.75) is 161 Å². The molecule has 0 fully saturated rings. The van der Waals surface area contributed by atoms with E-state index in [1.165, 1.54) is 57.8 Å². The topological polar surface area (TPSA) is 136 Å². The van der Waals surface area contributed by atoms with E-state index >= 15 is 0 Å². The van der Waals surface area contributed by atoms with Gasteiger partial charge < -0.3 is 32.6 Å². The summed E-state index contributed by atoms with van der Waals surface area (Å²) in [6.07, 6.45) is 13.9.